The Labute approximate surface area is 167 Å². The van der Waals surface area contributed by atoms with Gasteiger partial charge in [0, 0.05) is 9.80 Å². The van der Waals surface area contributed by atoms with Gasteiger partial charge in [-0.05, 0) is 62.4 Å². The first-order chi connectivity index (χ1) is 13.1. The van der Waals surface area contributed by atoms with E-state index in [1.54, 1.807) is 18.9 Å². The van der Waals surface area contributed by atoms with Gasteiger partial charge in [0.25, 0.3) is 0 Å². The zero-order chi connectivity index (χ0) is 19.1. The normalized spacial score (nSPS) is 16.9. The summed E-state index contributed by atoms with van der Waals surface area (Å²) >= 11 is 1.74. The van der Waals surface area contributed by atoms with Crippen LogP contribution in [-0.2, 0) is 6.42 Å². The zero-order valence-corrected chi connectivity index (χ0v) is 17.2. The molecule has 0 aliphatic heterocycles. The lowest BCUT2D eigenvalue weighted by Crippen LogP contribution is -2.32. The van der Waals surface area contributed by atoms with E-state index >= 15 is 0 Å². The highest BCUT2D eigenvalue weighted by molar-refractivity contribution is 8.03. The van der Waals surface area contributed by atoms with Crippen molar-refractivity contribution in [3.05, 3.63) is 70.6 Å². The van der Waals surface area contributed by atoms with Gasteiger partial charge in [-0.15, -0.1) is 0 Å². The molecule has 1 fully saturated rings. The summed E-state index contributed by atoms with van der Waals surface area (Å²) in [7, 11) is 1.69. The number of hydrogen-bond acceptors (Lipinski definition) is 3. The number of benzene rings is 2. The molecular formula is C24H30O2S. The highest BCUT2D eigenvalue weighted by Gasteiger charge is 2.33. The fourth-order valence-corrected chi connectivity index (χ4v) is 4.73. The molecule has 3 heteroatoms. The molecule has 3 rings (SSSR count). The Bertz CT molecular complexity index is 741. The summed E-state index contributed by atoms with van der Waals surface area (Å²) < 4.78 is 5.23. The van der Waals surface area contributed by atoms with Crippen LogP contribution in [0.3, 0.4) is 0 Å². The third-order valence-corrected chi connectivity index (χ3v) is 6.58. The summed E-state index contributed by atoms with van der Waals surface area (Å²) in [6, 6.07) is 16.9. The maximum Gasteiger partial charge on any atom is 0.118 e. The number of ether oxygens (including phenoxy) is 1. The number of thioether (sulfide) groups is 1. The van der Waals surface area contributed by atoms with Gasteiger partial charge in [-0.1, -0.05) is 66.9 Å². The molecule has 0 spiro atoms. The largest absolute Gasteiger partial charge is 0.497 e. The lowest BCUT2D eigenvalue weighted by molar-refractivity contribution is 0.0473. The van der Waals surface area contributed by atoms with Crippen molar-refractivity contribution in [2.75, 3.05) is 7.11 Å². The van der Waals surface area contributed by atoms with Crippen molar-refractivity contribution in [3.63, 3.8) is 0 Å². The molecule has 2 aromatic rings. The van der Waals surface area contributed by atoms with Crippen LogP contribution in [0.5, 0.6) is 5.75 Å². The van der Waals surface area contributed by atoms with Gasteiger partial charge in [-0.3, -0.25) is 0 Å². The molecule has 1 aliphatic rings. The second kappa shape index (κ2) is 9.48. The first-order valence-electron chi connectivity index (χ1n) is 9.89. The van der Waals surface area contributed by atoms with E-state index in [0.29, 0.717) is 0 Å². The Balaban J connectivity index is 1.73. The average Bonchev–Trinajstić information content (AvgIpc) is 2.70. The molecule has 0 saturated heterocycles. The maximum absolute atomic E-state index is 11.3. The van der Waals surface area contributed by atoms with Crippen LogP contribution in [0.1, 0.15) is 49.7 Å². The van der Waals surface area contributed by atoms with E-state index in [-0.39, 0.29) is 0 Å². The molecule has 0 bridgehead atoms. The SMILES string of the molecule is COc1ccc(CC/C=C(\Sc2ccc(C)cc2)C2(O)CCCCC2)cc1. The van der Waals surface area contributed by atoms with Crippen LogP contribution in [0.2, 0.25) is 0 Å². The highest BCUT2D eigenvalue weighted by atomic mass is 32.2. The van der Waals surface area contributed by atoms with Gasteiger partial charge in [0.15, 0.2) is 0 Å². The van der Waals surface area contributed by atoms with Gasteiger partial charge in [0.1, 0.15) is 5.75 Å². The quantitative estimate of drug-likeness (QED) is 0.569. The minimum absolute atomic E-state index is 0.659. The smallest absolute Gasteiger partial charge is 0.118 e. The minimum atomic E-state index is -0.659. The third-order valence-electron chi connectivity index (χ3n) is 5.31. The van der Waals surface area contributed by atoms with Crippen LogP contribution in [-0.4, -0.2) is 17.8 Å². The number of aryl methyl sites for hydroxylation is 2. The number of allylic oxidation sites excluding steroid dienone is 1. The van der Waals surface area contributed by atoms with Gasteiger partial charge < -0.3 is 9.84 Å². The fraction of sp³-hybridized carbons (Fsp3) is 0.417. The fourth-order valence-electron chi connectivity index (χ4n) is 3.61. The molecule has 0 unspecified atom stereocenters. The molecule has 2 aromatic carbocycles. The second-order valence-electron chi connectivity index (χ2n) is 7.46. The molecule has 0 aromatic heterocycles. The maximum atomic E-state index is 11.3. The van der Waals surface area contributed by atoms with Crippen molar-refractivity contribution < 1.29 is 9.84 Å². The first-order valence-corrected chi connectivity index (χ1v) is 10.7. The highest BCUT2D eigenvalue weighted by Crippen LogP contribution is 2.42. The lowest BCUT2D eigenvalue weighted by Gasteiger charge is -2.34. The van der Waals surface area contributed by atoms with Crippen LogP contribution >= 0.6 is 11.8 Å². The summed E-state index contributed by atoms with van der Waals surface area (Å²) in [4.78, 5) is 2.33. The third kappa shape index (κ3) is 5.63. The predicted molar refractivity (Wildman–Crippen MR) is 114 cm³/mol. The predicted octanol–water partition coefficient (Wildman–Crippen LogP) is 6.31. The van der Waals surface area contributed by atoms with Crippen molar-refractivity contribution in [1.29, 1.82) is 0 Å². The monoisotopic (exact) mass is 382 g/mol. The molecule has 144 valence electrons. The molecule has 1 saturated carbocycles. The van der Waals surface area contributed by atoms with E-state index in [1.807, 2.05) is 12.1 Å². The summed E-state index contributed by atoms with van der Waals surface area (Å²) in [5.74, 6) is 0.890. The van der Waals surface area contributed by atoms with Gasteiger partial charge in [-0.25, -0.2) is 0 Å². The lowest BCUT2D eigenvalue weighted by atomic mass is 9.84. The molecule has 0 radical (unpaired) electrons. The topological polar surface area (TPSA) is 29.5 Å². The Morgan fingerprint density at radius 3 is 2.33 bits per heavy atom. The van der Waals surface area contributed by atoms with Crippen molar-refractivity contribution >= 4 is 11.8 Å². The molecule has 1 aliphatic carbocycles. The van der Waals surface area contributed by atoms with Crippen molar-refractivity contribution in [3.8, 4) is 5.75 Å². The molecule has 2 nitrogen and oxygen atoms in total. The Hall–Kier alpha value is -1.71. The second-order valence-corrected chi connectivity index (χ2v) is 8.58. The van der Waals surface area contributed by atoms with E-state index in [0.717, 1.165) is 49.2 Å². The molecule has 0 heterocycles. The first kappa shape index (κ1) is 20.0. The molecular weight excluding hydrogens is 352 g/mol. The Kier molecular flexibility index (Phi) is 7.03. The molecule has 0 amide bonds. The van der Waals surface area contributed by atoms with Gasteiger partial charge >= 0.3 is 0 Å². The van der Waals surface area contributed by atoms with Crippen molar-refractivity contribution in [2.45, 2.75) is 62.4 Å². The number of aliphatic hydroxyl groups is 1. The van der Waals surface area contributed by atoms with Crippen LogP contribution in [0.4, 0.5) is 0 Å². The summed E-state index contributed by atoms with van der Waals surface area (Å²) in [5, 5.41) is 11.3. The Morgan fingerprint density at radius 2 is 1.70 bits per heavy atom. The average molecular weight is 383 g/mol. The summed E-state index contributed by atoms with van der Waals surface area (Å²) in [6.07, 6.45) is 9.37. The van der Waals surface area contributed by atoms with Crippen LogP contribution < -0.4 is 4.74 Å². The number of methoxy groups -OCH3 is 1. The van der Waals surface area contributed by atoms with E-state index < -0.39 is 5.60 Å². The molecule has 27 heavy (non-hydrogen) atoms. The summed E-state index contributed by atoms with van der Waals surface area (Å²) in [5.41, 5.74) is 1.90. The van der Waals surface area contributed by atoms with Crippen molar-refractivity contribution in [2.24, 2.45) is 0 Å². The summed E-state index contributed by atoms with van der Waals surface area (Å²) in [6.45, 7) is 2.11. The van der Waals surface area contributed by atoms with Gasteiger partial charge in [0.05, 0.1) is 12.7 Å². The van der Waals surface area contributed by atoms with E-state index in [2.05, 4.69) is 49.4 Å². The van der Waals surface area contributed by atoms with E-state index in [4.69, 9.17) is 4.74 Å². The van der Waals surface area contributed by atoms with Crippen LogP contribution in [0, 0.1) is 6.92 Å². The Morgan fingerprint density at radius 1 is 1.04 bits per heavy atom. The zero-order valence-electron chi connectivity index (χ0n) is 16.4. The molecule has 1 N–H and O–H groups in total. The minimum Gasteiger partial charge on any atom is -0.497 e. The molecule has 0 atom stereocenters. The number of rotatable bonds is 7. The van der Waals surface area contributed by atoms with Crippen LogP contribution in [0.25, 0.3) is 0 Å². The number of hydrogen-bond donors (Lipinski definition) is 1. The van der Waals surface area contributed by atoms with Gasteiger partial charge in [0.2, 0.25) is 0 Å². The van der Waals surface area contributed by atoms with E-state index in [9.17, 15) is 5.11 Å². The van der Waals surface area contributed by atoms with E-state index in [1.165, 1.54) is 22.4 Å². The standard InChI is InChI=1S/C24H30O2S/c1-19-9-15-22(16-10-19)27-23(24(25)17-4-3-5-18-24)8-6-7-20-11-13-21(26-2)14-12-20/h8-16,25H,3-7,17-18H2,1-2H3/b23-8-. The van der Waals surface area contributed by atoms with Crippen LogP contribution in [0.15, 0.2) is 64.4 Å². The van der Waals surface area contributed by atoms with Crippen molar-refractivity contribution in [1.82, 2.24) is 0 Å². The van der Waals surface area contributed by atoms with Gasteiger partial charge in [-0.2, -0.15) is 0 Å².